The van der Waals surface area contributed by atoms with Crippen molar-refractivity contribution in [1.82, 2.24) is 14.8 Å². The molecule has 0 spiro atoms. The smallest absolute Gasteiger partial charge is 0.313 e. The van der Waals surface area contributed by atoms with E-state index < -0.39 is 5.97 Å². The molecule has 1 aromatic rings. The number of carboxylic acids is 1. The van der Waals surface area contributed by atoms with Crippen LogP contribution in [-0.4, -0.2) is 43.1 Å². The van der Waals surface area contributed by atoms with Crippen LogP contribution in [0.25, 0.3) is 0 Å². The summed E-state index contributed by atoms with van der Waals surface area (Å²) < 4.78 is 2.20. The van der Waals surface area contributed by atoms with Crippen LogP contribution in [0.2, 0.25) is 0 Å². The molecule has 0 radical (unpaired) electrons. The van der Waals surface area contributed by atoms with E-state index >= 15 is 0 Å². The van der Waals surface area contributed by atoms with Crippen LogP contribution in [0.1, 0.15) is 37.0 Å². The summed E-state index contributed by atoms with van der Waals surface area (Å²) in [6.07, 6.45) is 3.51. The Bertz CT molecular complexity index is 453. The fourth-order valence-corrected chi connectivity index (χ4v) is 4.16. The van der Waals surface area contributed by atoms with Crippen LogP contribution in [0.15, 0.2) is 5.16 Å². The van der Waals surface area contributed by atoms with Crippen LogP contribution in [0.5, 0.6) is 0 Å². The summed E-state index contributed by atoms with van der Waals surface area (Å²) in [5.41, 5.74) is 0. The van der Waals surface area contributed by atoms with Crippen molar-refractivity contribution in [3.05, 3.63) is 5.82 Å². The average Bonchev–Trinajstić information content (AvgIpc) is 2.90. The van der Waals surface area contributed by atoms with Crippen molar-refractivity contribution in [2.24, 2.45) is 0 Å². The molecule has 1 aromatic heterocycles. The second kappa shape index (κ2) is 5.13. The molecule has 2 heterocycles. The first-order valence-corrected chi connectivity index (χ1v) is 8.27. The number of carbonyl (C=O) groups is 1. The molecule has 1 saturated carbocycles. The number of thioether (sulfide) groups is 2. The number of hydrogen-bond acceptors (Lipinski definition) is 5. The topological polar surface area (TPSA) is 68.0 Å². The Hall–Kier alpha value is -0.690. The second-order valence-corrected chi connectivity index (χ2v) is 6.78. The molecule has 0 aromatic carbocycles. The lowest BCUT2D eigenvalue weighted by atomic mass is 10.1. The van der Waals surface area contributed by atoms with Gasteiger partial charge in [-0.3, -0.25) is 4.79 Å². The Balaban J connectivity index is 1.82. The van der Waals surface area contributed by atoms with Gasteiger partial charge in [-0.2, -0.15) is 11.8 Å². The van der Waals surface area contributed by atoms with Crippen LogP contribution in [0, 0.1) is 0 Å². The first-order valence-electron chi connectivity index (χ1n) is 6.13. The summed E-state index contributed by atoms with van der Waals surface area (Å²) in [6.45, 7) is 0. The van der Waals surface area contributed by atoms with Crippen LogP contribution in [-0.2, 0) is 4.79 Å². The second-order valence-electron chi connectivity index (χ2n) is 4.68. The molecule has 2 fully saturated rings. The number of hydrogen-bond donors (Lipinski definition) is 1. The molecule has 1 N–H and O–H groups in total. The zero-order valence-electron chi connectivity index (χ0n) is 9.91. The lowest BCUT2D eigenvalue weighted by Gasteiger charge is -2.11. The molecule has 0 bridgehead atoms. The van der Waals surface area contributed by atoms with E-state index in [2.05, 4.69) is 14.8 Å². The fraction of sp³-hybridized carbons (Fsp3) is 0.727. The molecule has 5 nitrogen and oxygen atoms in total. The monoisotopic (exact) mass is 285 g/mol. The molecule has 1 aliphatic heterocycles. The van der Waals surface area contributed by atoms with Crippen molar-refractivity contribution in [3.8, 4) is 0 Å². The Morgan fingerprint density at radius 2 is 2.28 bits per heavy atom. The molecular formula is C11H15N3O2S2. The molecule has 18 heavy (non-hydrogen) atoms. The van der Waals surface area contributed by atoms with E-state index in [1.807, 2.05) is 11.8 Å². The van der Waals surface area contributed by atoms with Crippen LogP contribution in [0.3, 0.4) is 0 Å². The minimum atomic E-state index is -0.802. The van der Waals surface area contributed by atoms with Gasteiger partial charge < -0.3 is 9.67 Å². The fourth-order valence-electron chi connectivity index (χ4n) is 2.21. The molecule has 1 unspecified atom stereocenters. The molecular weight excluding hydrogens is 270 g/mol. The Morgan fingerprint density at radius 3 is 2.89 bits per heavy atom. The largest absolute Gasteiger partial charge is 0.481 e. The third-order valence-electron chi connectivity index (χ3n) is 3.22. The molecule has 1 aliphatic carbocycles. The van der Waals surface area contributed by atoms with Gasteiger partial charge in [0.2, 0.25) is 0 Å². The standard InChI is InChI=1S/C11H15N3O2S2/c15-9(16)6-18-11-13-12-10(7-3-4-17-5-7)14(11)8-1-2-8/h7-8H,1-6H2,(H,15,16). The highest BCUT2D eigenvalue weighted by Crippen LogP contribution is 2.42. The van der Waals surface area contributed by atoms with Crippen molar-refractivity contribution in [2.45, 2.75) is 36.4 Å². The summed E-state index contributed by atoms with van der Waals surface area (Å²) in [5.74, 6) is 3.15. The van der Waals surface area contributed by atoms with Gasteiger partial charge in [0.1, 0.15) is 5.82 Å². The predicted molar refractivity (Wildman–Crippen MR) is 71.3 cm³/mol. The van der Waals surface area contributed by atoms with Gasteiger partial charge in [-0.05, 0) is 25.0 Å². The number of aromatic nitrogens is 3. The van der Waals surface area contributed by atoms with Crippen molar-refractivity contribution < 1.29 is 9.90 Å². The number of nitrogens with zero attached hydrogens (tertiary/aromatic N) is 3. The van der Waals surface area contributed by atoms with E-state index in [9.17, 15) is 4.79 Å². The van der Waals surface area contributed by atoms with Crippen molar-refractivity contribution in [2.75, 3.05) is 17.3 Å². The van der Waals surface area contributed by atoms with Gasteiger partial charge in [-0.25, -0.2) is 0 Å². The lowest BCUT2D eigenvalue weighted by Crippen LogP contribution is -2.09. The van der Waals surface area contributed by atoms with Gasteiger partial charge >= 0.3 is 5.97 Å². The Morgan fingerprint density at radius 1 is 1.44 bits per heavy atom. The average molecular weight is 285 g/mol. The number of rotatable bonds is 5. The van der Waals surface area contributed by atoms with Crippen molar-refractivity contribution in [3.63, 3.8) is 0 Å². The highest BCUT2D eigenvalue weighted by molar-refractivity contribution is 7.99. The van der Waals surface area contributed by atoms with Gasteiger partial charge in [-0.1, -0.05) is 11.8 Å². The molecule has 98 valence electrons. The molecule has 1 atom stereocenters. The van der Waals surface area contributed by atoms with E-state index in [1.165, 1.54) is 36.8 Å². The van der Waals surface area contributed by atoms with E-state index in [0.29, 0.717) is 12.0 Å². The Labute approximate surface area is 114 Å². The van der Waals surface area contributed by atoms with E-state index in [1.54, 1.807) is 0 Å². The zero-order valence-corrected chi connectivity index (χ0v) is 11.5. The minimum absolute atomic E-state index is 0.0598. The number of carboxylic acid groups (broad SMARTS) is 1. The van der Waals surface area contributed by atoms with Gasteiger partial charge in [0, 0.05) is 17.7 Å². The molecule has 3 rings (SSSR count). The maximum atomic E-state index is 10.7. The molecule has 1 saturated heterocycles. The highest BCUT2D eigenvalue weighted by Gasteiger charge is 2.33. The van der Waals surface area contributed by atoms with Gasteiger partial charge in [-0.15, -0.1) is 10.2 Å². The van der Waals surface area contributed by atoms with Crippen LogP contribution in [0.4, 0.5) is 0 Å². The third kappa shape index (κ3) is 2.51. The SMILES string of the molecule is O=C(O)CSc1nnc(C2CCSC2)n1C1CC1. The summed E-state index contributed by atoms with van der Waals surface area (Å²) in [4.78, 5) is 10.7. The van der Waals surface area contributed by atoms with E-state index in [4.69, 9.17) is 5.11 Å². The highest BCUT2D eigenvalue weighted by atomic mass is 32.2. The maximum Gasteiger partial charge on any atom is 0.313 e. The molecule has 2 aliphatic rings. The van der Waals surface area contributed by atoms with Crippen LogP contribution >= 0.6 is 23.5 Å². The first kappa shape index (κ1) is 12.3. The normalized spacial score (nSPS) is 23.4. The van der Waals surface area contributed by atoms with Gasteiger partial charge in [0.15, 0.2) is 5.16 Å². The zero-order chi connectivity index (χ0) is 12.5. The first-order chi connectivity index (χ1) is 8.75. The van der Waals surface area contributed by atoms with Crippen molar-refractivity contribution in [1.29, 1.82) is 0 Å². The minimum Gasteiger partial charge on any atom is -0.481 e. The quantitative estimate of drug-likeness (QED) is 0.835. The summed E-state index contributed by atoms with van der Waals surface area (Å²) in [7, 11) is 0. The summed E-state index contributed by atoms with van der Waals surface area (Å²) in [5, 5.41) is 18.1. The van der Waals surface area contributed by atoms with Gasteiger partial charge in [0.05, 0.1) is 5.75 Å². The molecule has 7 heteroatoms. The van der Waals surface area contributed by atoms with Crippen LogP contribution < -0.4 is 0 Å². The maximum absolute atomic E-state index is 10.7. The summed E-state index contributed by atoms with van der Waals surface area (Å²) >= 11 is 3.25. The van der Waals surface area contributed by atoms with E-state index in [-0.39, 0.29) is 5.75 Å². The molecule has 0 amide bonds. The van der Waals surface area contributed by atoms with Gasteiger partial charge in [0.25, 0.3) is 0 Å². The summed E-state index contributed by atoms with van der Waals surface area (Å²) in [6, 6.07) is 0.511. The lowest BCUT2D eigenvalue weighted by molar-refractivity contribution is -0.133. The Kier molecular flexibility index (Phi) is 3.52. The van der Waals surface area contributed by atoms with Crippen molar-refractivity contribution >= 4 is 29.5 Å². The predicted octanol–water partition coefficient (Wildman–Crippen LogP) is 2.01. The third-order valence-corrected chi connectivity index (χ3v) is 5.31. The van der Waals surface area contributed by atoms with E-state index in [0.717, 1.165) is 16.7 Å². The number of aliphatic carboxylic acids is 1.